The van der Waals surface area contributed by atoms with Gasteiger partial charge in [-0.05, 0) is 12.1 Å². The highest BCUT2D eigenvalue weighted by Gasteiger charge is 1.96. The maximum Gasteiger partial charge on any atom is 0.102 e. The van der Waals surface area contributed by atoms with Crippen LogP contribution in [-0.2, 0) is 0 Å². The van der Waals surface area contributed by atoms with E-state index in [9.17, 15) is 0 Å². The molecule has 0 bridgehead atoms. The third-order valence-electron chi connectivity index (χ3n) is 1.89. The first-order valence-electron chi connectivity index (χ1n) is 4.69. The first-order valence-corrected chi connectivity index (χ1v) is 4.69. The van der Waals surface area contributed by atoms with Crippen molar-refractivity contribution in [1.82, 2.24) is 15.0 Å². The first kappa shape index (κ1) is 9.58. The molecule has 0 atom stereocenters. The lowest BCUT2D eigenvalue weighted by atomic mass is 10.3. The molecule has 1 aromatic carbocycles. The molecule has 4 heteroatoms. The monoisotopic (exact) mass is 200 g/mol. The van der Waals surface area contributed by atoms with Crippen molar-refractivity contribution in [2.24, 2.45) is 5.10 Å². The predicted molar refractivity (Wildman–Crippen MR) is 60.8 cm³/mol. The summed E-state index contributed by atoms with van der Waals surface area (Å²) in [5, 5.41) is 5.83. The molecule has 0 aliphatic rings. The highest BCUT2D eigenvalue weighted by atomic mass is 15.4. The number of rotatable bonds is 2. The van der Waals surface area contributed by atoms with Gasteiger partial charge in [-0.15, -0.1) is 0 Å². The number of benzene rings is 1. The van der Waals surface area contributed by atoms with Crippen molar-refractivity contribution in [2.75, 3.05) is 14.1 Å². The number of fused-ring (bicyclic) bond motifs is 1. The molecule has 2 rings (SSSR count). The molecular weight excluding hydrogens is 188 g/mol. The average molecular weight is 200 g/mol. The third-order valence-corrected chi connectivity index (χ3v) is 1.89. The van der Waals surface area contributed by atoms with Gasteiger partial charge in [0.1, 0.15) is 5.69 Å². The number of aromatic nitrogens is 2. The fourth-order valence-electron chi connectivity index (χ4n) is 1.21. The van der Waals surface area contributed by atoms with Crippen molar-refractivity contribution < 1.29 is 0 Å². The highest BCUT2D eigenvalue weighted by Crippen LogP contribution is 2.07. The van der Waals surface area contributed by atoms with Gasteiger partial charge in [-0.3, -0.25) is 4.98 Å². The molecule has 0 aliphatic heterocycles. The minimum Gasteiger partial charge on any atom is -0.303 e. The van der Waals surface area contributed by atoms with Gasteiger partial charge in [0.25, 0.3) is 0 Å². The van der Waals surface area contributed by atoms with E-state index in [0.717, 1.165) is 16.7 Å². The second kappa shape index (κ2) is 4.04. The van der Waals surface area contributed by atoms with Gasteiger partial charge in [0, 0.05) is 14.1 Å². The summed E-state index contributed by atoms with van der Waals surface area (Å²) in [6.07, 6.45) is 3.41. The zero-order valence-corrected chi connectivity index (χ0v) is 8.75. The van der Waals surface area contributed by atoms with Crippen molar-refractivity contribution in [3.63, 3.8) is 0 Å². The van der Waals surface area contributed by atoms with Crippen LogP contribution < -0.4 is 0 Å². The lowest BCUT2D eigenvalue weighted by Crippen LogP contribution is -2.02. The Morgan fingerprint density at radius 2 is 1.93 bits per heavy atom. The van der Waals surface area contributed by atoms with E-state index in [0.29, 0.717) is 0 Å². The molecule has 4 nitrogen and oxygen atoms in total. The molecule has 0 aliphatic carbocycles. The van der Waals surface area contributed by atoms with Crippen LogP contribution in [0, 0.1) is 0 Å². The minimum atomic E-state index is 0.766. The summed E-state index contributed by atoms with van der Waals surface area (Å²) < 4.78 is 0. The normalized spacial score (nSPS) is 11.1. The lowest BCUT2D eigenvalue weighted by Gasteiger charge is -2.02. The summed E-state index contributed by atoms with van der Waals surface area (Å²) in [5.74, 6) is 0. The molecule has 0 amide bonds. The molecule has 0 fully saturated rings. The van der Waals surface area contributed by atoms with Gasteiger partial charge in [0.15, 0.2) is 0 Å². The largest absolute Gasteiger partial charge is 0.303 e. The second-order valence-corrected chi connectivity index (χ2v) is 3.38. The Labute approximate surface area is 88.3 Å². The summed E-state index contributed by atoms with van der Waals surface area (Å²) >= 11 is 0. The van der Waals surface area contributed by atoms with Crippen LogP contribution in [0.2, 0.25) is 0 Å². The molecule has 0 saturated heterocycles. The van der Waals surface area contributed by atoms with Crippen molar-refractivity contribution in [2.45, 2.75) is 0 Å². The summed E-state index contributed by atoms with van der Waals surface area (Å²) in [6, 6.07) is 7.78. The summed E-state index contributed by atoms with van der Waals surface area (Å²) in [7, 11) is 3.73. The van der Waals surface area contributed by atoms with E-state index in [1.54, 1.807) is 17.4 Å². The van der Waals surface area contributed by atoms with Crippen LogP contribution in [0.25, 0.3) is 11.0 Å². The Bertz CT molecular complexity index is 491. The smallest absolute Gasteiger partial charge is 0.102 e. The van der Waals surface area contributed by atoms with E-state index >= 15 is 0 Å². The van der Waals surface area contributed by atoms with Gasteiger partial charge in [-0.25, -0.2) is 4.98 Å². The van der Waals surface area contributed by atoms with Gasteiger partial charge in [-0.1, -0.05) is 12.1 Å². The molecule has 0 N–H and O–H groups in total. The highest BCUT2D eigenvalue weighted by molar-refractivity contribution is 5.81. The molecule has 1 heterocycles. The summed E-state index contributed by atoms with van der Waals surface area (Å²) in [4.78, 5) is 8.70. The van der Waals surface area contributed by atoms with Crippen LogP contribution in [-0.4, -0.2) is 35.3 Å². The standard InChI is InChI=1S/C11H12N4/c1-15(2)13-8-9-7-12-10-5-3-4-6-11(10)14-9/h3-8H,1-2H3/b13-8+. The SMILES string of the molecule is CN(C)/N=C/c1cnc2ccccc2n1. The summed E-state index contributed by atoms with van der Waals surface area (Å²) in [6.45, 7) is 0. The molecule has 15 heavy (non-hydrogen) atoms. The molecule has 1 aromatic heterocycles. The maximum absolute atomic E-state index is 4.41. The Morgan fingerprint density at radius 1 is 1.20 bits per heavy atom. The van der Waals surface area contributed by atoms with Crippen molar-refractivity contribution in [3.05, 3.63) is 36.2 Å². The van der Waals surface area contributed by atoms with E-state index in [1.807, 2.05) is 38.4 Å². The van der Waals surface area contributed by atoms with E-state index in [-0.39, 0.29) is 0 Å². The number of nitrogens with zero attached hydrogens (tertiary/aromatic N) is 4. The van der Waals surface area contributed by atoms with E-state index in [4.69, 9.17) is 0 Å². The fourth-order valence-corrected chi connectivity index (χ4v) is 1.21. The quantitative estimate of drug-likeness (QED) is 0.545. The Hall–Kier alpha value is -1.97. The Morgan fingerprint density at radius 3 is 2.67 bits per heavy atom. The average Bonchev–Trinajstić information content (AvgIpc) is 2.26. The zero-order chi connectivity index (χ0) is 10.7. The van der Waals surface area contributed by atoms with E-state index < -0.39 is 0 Å². The molecule has 2 aromatic rings. The van der Waals surface area contributed by atoms with Crippen molar-refractivity contribution in [1.29, 1.82) is 0 Å². The molecule has 0 unspecified atom stereocenters. The molecule has 0 spiro atoms. The van der Waals surface area contributed by atoms with Crippen LogP contribution >= 0.6 is 0 Å². The number of hydrazone groups is 1. The van der Waals surface area contributed by atoms with Crippen LogP contribution in [0.1, 0.15) is 5.69 Å². The molecule has 0 saturated carbocycles. The first-order chi connectivity index (χ1) is 7.25. The number of para-hydroxylation sites is 2. The Balaban J connectivity index is 2.39. The van der Waals surface area contributed by atoms with E-state index in [2.05, 4.69) is 15.1 Å². The van der Waals surface area contributed by atoms with Crippen LogP contribution in [0.4, 0.5) is 0 Å². The van der Waals surface area contributed by atoms with Gasteiger partial charge in [0.05, 0.1) is 23.4 Å². The minimum absolute atomic E-state index is 0.766. The maximum atomic E-state index is 4.41. The van der Waals surface area contributed by atoms with Crippen molar-refractivity contribution in [3.8, 4) is 0 Å². The van der Waals surface area contributed by atoms with Gasteiger partial charge < -0.3 is 5.01 Å². The number of hydrogen-bond acceptors (Lipinski definition) is 4. The topological polar surface area (TPSA) is 41.4 Å². The Kier molecular flexibility index (Phi) is 2.58. The van der Waals surface area contributed by atoms with Gasteiger partial charge in [0.2, 0.25) is 0 Å². The predicted octanol–water partition coefficient (Wildman–Crippen LogP) is 1.53. The zero-order valence-electron chi connectivity index (χ0n) is 8.75. The van der Waals surface area contributed by atoms with Crippen LogP contribution in [0.15, 0.2) is 35.6 Å². The van der Waals surface area contributed by atoms with Gasteiger partial charge in [-0.2, -0.15) is 5.10 Å². The van der Waals surface area contributed by atoms with Crippen LogP contribution in [0.3, 0.4) is 0 Å². The molecule has 76 valence electrons. The second-order valence-electron chi connectivity index (χ2n) is 3.38. The van der Waals surface area contributed by atoms with Crippen LogP contribution in [0.5, 0.6) is 0 Å². The summed E-state index contributed by atoms with van der Waals surface area (Å²) in [5.41, 5.74) is 2.56. The third kappa shape index (κ3) is 2.28. The van der Waals surface area contributed by atoms with Gasteiger partial charge >= 0.3 is 0 Å². The fraction of sp³-hybridized carbons (Fsp3) is 0.182. The molecular formula is C11H12N4. The number of hydrogen-bond donors (Lipinski definition) is 0. The van der Waals surface area contributed by atoms with Crippen molar-refractivity contribution >= 4 is 17.2 Å². The lowest BCUT2D eigenvalue weighted by molar-refractivity contribution is 0.440. The molecule has 0 radical (unpaired) electrons. The van der Waals surface area contributed by atoms with E-state index in [1.165, 1.54) is 0 Å².